The average Bonchev–Trinajstić information content (AvgIpc) is 3.54. The van der Waals surface area contributed by atoms with Crippen LogP contribution in [0.3, 0.4) is 0 Å². The first kappa shape index (κ1) is 37.4. The molecule has 1 fully saturated rings. The molecule has 4 aromatic rings. The van der Waals surface area contributed by atoms with Gasteiger partial charge in [-0.3, -0.25) is 9.78 Å². The molecule has 0 spiro atoms. The fraction of sp³-hybridized carbons (Fsp3) is 0.323. The van der Waals surface area contributed by atoms with Crippen LogP contribution in [0.2, 0.25) is 5.02 Å². The lowest BCUT2D eigenvalue weighted by Crippen LogP contribution is -2.55. The number of aliphatic hydroxyl groups is 3. The summed E-state index contributed by atoms with van der Waals surface area (Å²) >= 11 is 5.94. The zero-order chi connectivity index (χ0) is 34.4. The van der Waals surface area contributed by atoms with Crippen molar-refractivity contribution in [2.75, 3.05) is 30.4 Å². The highest BCUT2D eigenvalue weighted by Crippen LogP contribution is 2.37. The molecule has 0 saturated carbocycles. The minimum absolute atomic E-state index is 0. The molecule has 18 heteroatoms. The number of carbonyl (C=O) groups is 1. The van der Waals surface area contributed by atoms with Gasteiger partial charge in [-0.15, -0.1) is 17.5 Å². The fourth-order valence-corrected chi connectivity index (χ4v) is 5.12. The SMILES string of the molecule is CCOc1cc2ncc(C#N)c(Nc3ccc(F)c(Cl)c3)c2cc1NC(=O)/C=C/CNCc1cn(C2OC(CO)C(O)C(O)C2F)nn1.Cl. The maximum Gasteiger partial charge on any atom is 0.248 e. The largest absolute Gasteiger partial charge is 0.492 e. The molecule has 1 amide bonds. The van der Waals surface area contributed by atoms with E-state index in [9.17, 15) is 34.2 Å². The number of hydrogen-bond acceptors (Lipinski definition) is 12. The number of fused-ring (bicyclic) bond motifs is 1. The predicted molar refractivity (Wildman–Crippen MR) is 177 cm³/mol. The van der Waals surface area contributed by atoms with Gasteiger partial charge in [0.05, 0.1) is 52.6 Å². The van der Waals surface area contributed by atoms with Crippen LogP contribution in [0.1, 0.15) is 24.4 Å². The zero-order valence-electron chi connectivity index (χ0n) is 25.8. The van der Waals surface area contributed by atoms with E-state index in [1.807, 2.05) is 0 Å². The van der Waals surface area contributed by atoms with E-state index in [1.165, 1.54) is 36.7 Å². The van der Waals surface area contributed by atoms with E-state index in [1.54, 1.807) is 25.1 Å². The highest BCUT2D eigenvalue weighted by Gasteiger charge is 2.46. The normalized spacial score (nSPS) is 20.5. The molecule has 1 aliphatic rings. The van der Waals surface area contributed by atoms with E-state index >= 15 is 0 Å². The third-order valence-corrected chi connectivity index (χ3v) is 7.61. The number of hydrogen-bond donors (Lipinski definition) is 6. The van der Waals surface area contributed by atoms with Crippen LogP contribution < -0.4 is 20.7 Å². The quantitative estimate of drug-likeness (QED) is 0.0923. The molecule has 5 atom stereocenters. The Bertz CT molecular complexity index is 1860. The summed E-state index contributed by atoms with van der Waals surface area (Å²) in [6.07, 6.45) is -2.28. The molecular weight excluding hydrogens is 689 g/mol. The first-order valence-corrected chi connectivity index (χ1v) is 15.1. The summed E-state index contributed by atoms with van der Waals surface area (Å²) in [6, 6.07) is 9.39. The second-order valence-corrected chi connectivity index (χ2v) is 11.0. The van der Waals surface area contributed by atoms with Crippen LogP contribution in [-0.4, -0.2) is 85.4 Å². The van der Waals surface area contributed by atoms with Gasteiger partial charge in [-0.05, 0) is 31.2 Å². The van der Waals surface area contributed by atoms with E-state index in [4.69, 9.17) is 21.1 Å². The summed E-state index contributed by atoms with van der Waals surface area (Å²) in [6.45, 7) is 1.89. The number of pyridine rings is 1. The second kappa shape index (κ2) is 16.8. The van der Waals surface area contributed by atoms with Gasteiger partial charge in [-0.25, -0.2) is 13.5 Å². The molecule has 0 aliphatic carbocycles. The summed E-state index contributed by atoms with van der Waals surface area (Å²) in [4.78, 5) is 17.2. The molecule has 0 radical (unpaired) electrons. The van der Waals surface area contributed by atoms with Gasteiger partial charge in [0, 0.05) is 42.5 Å². The average molecular weight is 722 g/mol. The lowest BCUT2D eigenvalue weighted by atomic mass is 9.99. The molecule has 49 heavy (non-hydrogen) atoms. The number of rotatable bonds is 12. The molecule has 14 nitrogen and oxygen atoms in total. The van der Waals surface area contributed by atoms with Crippen molar-refractivity contribution in [3.63, 3.8) is 0 Å². The third-order valence-electron chi connectivity index (χ3n) is 7.32. The molecule has 260 valence electrons. The van der Waals surface area contributed by atoms with Crippen molar-refractivity contribution in [3.8, 4) is 11.8 Å². The topological polar surface area (TPSA) is 200 Å². The van der Waals surface area contributed by atoms with Gasteiger partial charge in [0.2, 0.25) is 5.91 Å². The maximum atomic E-state index is 14.6. The van der Waals surface area contributed by atoms with Crippen molar-refractivity contribution in [1.82, 2.24) is 25.3 Å². The molecule has 1 saturated heterocycles. The minimum Gasteiger partial charge on any atom is -0.492 e. The van der Waals surface area contributed by atoms with Crippen molar-refractivity contribution >= 4 is 57.9 Å². The van der Waals surface area contributed by atoms with Crippen LogP contribution in [0, 0.1) is 17.1 Å². The number of nitriles is 1. The lowest BCUT2D eigenvalue weighted by molar-refractivity contribution is -0.237. The standard InChI is InChI=1S/C31H31ClF2N8O6.ClH/c1-2-47-24-10-22-19(28(16(11-35)12-37-22)38-17-5-6-21(33)20(32)8-17)9-23(24)39-26(44)4-3-7-36-13-18-14-42(41-40-18)31-27(34)30(46)29(45)25(15-43)48-31;/h3-6,8-10,12,14,25,27,29-31,36,43,45-46H,2,7,13,15H2,1H3,(H,37,38)(H,39,44);1H/b4-3+;. The van der Waals surface area contributed by atoms with Gasteiger partial charge in [0.25, 0.3) is 0 Å². The van der Waals surface area contributed by atoms with Gasteiger partial charge in [0.1, 0.15) is 35.9 Å². The van der Waals surface area contributed by atoms with E-state index in [2.05, 4.69) is 37.3 Å². The number of aliphatic hydroxyl groups excluding tert-OH is 3. The monoisotopic (exact) mass is 720 g/mol. The highest BCUT2D eigenvalue weighted by atomic mass is 35.5. The number of benzene rings is 2. The Hall–Kier alpha value is -4.47. The van der Waals surface area contributed by atoms with Crippen LogP contribution >= 0.6 is 24.0 Å². The number of aromatic nitrogens is 4. The molecule has 0 bridgehead atoms. The first-order chi connectivity index (χ1) is 23.1. The number of amides is 1. The summed E-state index contributed by atoms with van der Waals surface area (Å²) < 4.78 is 40.5. The summed E-state index contributed by atoms with van der Waals surface area (Å²) in [5.74, 6) is -0.715. The van der Waals surface area contributed by atoms with Gasteiger partial charge >= 0.3 is 0 Å². The van der Waals surface area contributed by atoms with E-state index in [0.717, 1.165) is 4.68 Å². The number of nitrogens with one attached hydrogen (secondary N) is 3. The van der Waals surface area contributed by atoms with Crippen LogP contribution in [0.25, 0.3) is 10.9 Å². The molecule has 6 N–H and O–H groups in total. The van der Waals surface area contributed by atoms with Crippen LogP contribution in [-0.2, 0) is 16.1 Å². The molecule has 1 aliphatic heterocycles. The molecule has 5 unspecified atom stereocenters. The molecule has 3 heterocycles. The maximum absolute atomic E-state index is 14.6. The Morgan fingerprint density at radius 2 is 2.06 bits per heavy atom. The van der Waals surface area contributed by atoms with Crippen LogP contribution in [0.15, 0.2) is 54.9 Å². The molecular formula is C31H32Cl2F2N8O6. The zero-order valence-corrected chi connectivity index (χ0v) is 27.3. The number of anilines is 3. The van der Waals surface area contributed by atoms with Crippen LogP contribution in [0.4, 0.5) is 25.8 Å². The van der Waals surface area contributed by atoms with Gasteiger partial charge in [-0.2, -0.15) is 5.26 Å². The van der Waals surface area contributed by atoms with Crippen LogP contribution in [0.5, 0.6) is 5.75 Å². The van der Waals surface area contributed by atoms with Crippen molar-refractivity contribution < 1.29 is 38.4 Å². The van der Waals surface area contributed by atoms with Gasteiger partial charge in [-0.1, -0.05) is 22.9 Å². The van der Waals surface area contributed by atoms with Crippen molar-refractivity contribution in [3.05, 3.63) is 77.0 Å². The Labute approximate surface area is 289 Å². The van der Waals surface area contributed by atoms with E-state index < -0.39 is 49.0 Å². The fourth-order valence-electron chi connectivity index (χ4n) is 4.94. The Morgan fingerprint density at radius 3 is 2.78 bits per heavy atom. The number of carbonyl (C=O) groups excluding carboxylic acids is 1. The first-order valence-electron chi connectivity index (χ1n) is 14.7. The van der Waals surface area contributed by atoms with Gasteiger partial charge in [0.15, 0.2) is 12.4 Å². The van der Waals surface area contributed by atoms with E-state index in [-0.39, 0.29) is 36.1 Å². The predicted octanol–water partition coefficient (Wildman–Crippen LogP) is 3.29. The number of halogens is 4. The third kappa shape index (κ3) is 8.58. The van der Waals surface area contributed by atoms with Gasteiger partial charge < -0.3 is 40.7 Å². The number of ether oxygens (including phenoxy) is 2. The summed E-state index contributed by atoms with van der Waals surface area (Å²) in [7, 11) is 0. The molecule has 2 aromatic carbocycles. The lowest BCUT2D eigenvalue weighted by Gasteiger charge is -2.38. The van der Waals surface area contributed by atoms with Crippen molar-refractivity contribution in [2.24, 2.45) is 0 Å². The Balaban J connectivity index is 0.00000541. The van der Waals surface area contributed by atoms with E-state index in [0.29, 0.717) is 46.0 Å². The minimum atomic E-state index is -2.00. The summed E-state index contributed by atoms with van der Waals surface area (Å²) in [5, 5.41) is 56.0. The van der Waals surface area contributed by atoms with Crippen molar-refractivity contribution in [1.29, 1.82) is 5.26 Å². The second-order valence-electron chi connectivity index (χ2n) is 10.6. The number of nitrogens with zero attached hydrogens (tertiary/aromatic N) is 5. The Kier molecular flexibility index (Phi) is 12.8. The molecule has 5 rings (SSSR count). The smallest absolute Gasteiger partial charge is 0.248 e. The van der Waals surface area contributed by atoms with Crippen molar-refractivity contribution in [2.45, 2.75) is 44.2 Å². The summed E-state index contributed by atoms with van der Waals surface area (Å²) in [5.41, 5.74) is 2.21. The molecule has 2 aromatic heterocycles. The Morgan fingerprint density at radius 1 is 1.27 bits per heavy atom. The highest BCUT2D eigenvalue weighted by molar-refractivity contribution is 6.31. The number of alkyl halides is 1.